The first-order valence-electron chi connectivity index (χ1n) is 9.25. The van der Waals surface area contributed by atoms with Crippen molar-refractivity contribution in [2.75, 3.05) is 19.6 Å². The Balaban J connectivity index is 1.28. The van der Waals surface area contributed by atoms with Crippen LogP contribution in [-0.4, -0.2) is 47.8 Å². The Bertz CT molecular complexity index is 735. The van der Waals surface area contributed by atoms with Gasteiger partial charge in [0.15, 0.2) is 0 Å². The highest BCUT2D eigenvalue weighted by Crippen LogP contribution is 2.31. The molecule has 0 amide bonds. The number of hydrogen-bond acceptors (Lipinski definition) is 4. The smallest absolute Gasteiger partial charge is 0.306 e. The predicted octanol–water partition coefficient (Wildman–Crippen LogP) is 3.79. The Morgan fingerprint density at radius 1 is 1.16 bits per heavy atom. The number of carboxylic acids is 1. The normalized spacial score (nSPS) is 25.6. The Labute approximate surface area is 152 Å². The molecule has 0 radical (unpaired) electrons. The number of ether oxygens (including phenoxy) is 1. The lowest BCUT2D eigenvalue weighted by molar-refractivity contribution is -0.143. The van der Waals surface area contributed by atoms with Crippen LogP contribution in [0.1, 0.15) is 31.2 Å². The molecule has 25 heavy (non-hydrogen) atoms. The summed E-state index contributed by atoms with van der Waals surface area (Å²) in [4.78, 5) is 13.4. The van der Waals surface area contributed by atoms with E-state index in [4.69, 9.17) is 9.84 Å². The van der Waals surface area contributed by atoms with Gasteiger partial charge >= 0.3 is 5.97 Å². The Hall–Kier alpha value is -1.43. The molecule has 2 aliphatic rings. The van der Waals surface area contributed by atoms with Gasteiger partial charge < -0.3 is 14.7 Å². The quantitative estimate of drug-likeness (QED) is 0.882. The van der Waals surface area contributed by atoms with Crippen LogP contribution in [0.25, 0.3) is 10.1 Å². The average molecular weight is 359 g/mol. The Kier molecular flexibility index (Phi) is 5.06. The largest absolute Gasteiger partial charge is 0.481 e. The molecular weight excluding hydrogens is 334 g/mol. The molecule has 2 aliphatic heterocycles. The molecule has 2 aromatic rings. The fraction of sp³-hybridized carbons (Fsp3) is 0.550. The van der Waals surface area contributed by atoms with Crippen LogP contribution in [0.4, 0.5) is 0 Å². The molecule has 0 bridgehead atoms. The Morgan fingerprint density at radius 2 is 1.92 bits per heavy atom. The third-order valence-electron chi connectivity index (χ3n) is 5.60. The van der Waals surface area contributed by atoms with Gasteiger partial charge in [0.25, 0.3) is 0 Å². The van der Waals surface area contributed by atoms with E-state index in [9.17, 15) is 4.79 Å². The second-order valence-corrected chi connectivity index (χ2v) is 8.24. The molecule has 1 aromatic heterocycles. The van der Waals surface area contributed by atoms with Gasteiger partial charge in [-0.2, -0.15) is 0 Å². The molecule has 3 heterocycles. The molecule has 4 rings (SSSR count). The lowest BCUT2D eigenvalue weighted by atomic mass is 9.97. The van der Waals surface area contributed by atoms with E-state index in [0.717, 1.165) is 51.7 Å². The third kappa shape index (κ3) is 3.89. The number of hydrogen-bond donors (Lipinski definition) is 1. The number of aliphatic carboxylic acids is 1. The molecule has 2 atom stereocenters. The van der Waals surface area contributed by atoms with E-state index in [-0.39, 0.29) is 5.92 Å². The number of fused-ring (bicyclic) bond motifs is 1. The van der Waals surface area contributed by atoms with Gasteiger partial charge in [0.1, 0.15) is 0 Å². The van der Waals surface area contributed by atoms with Crippen LogP contribution in [0.5, 0.6) is 0 Å². The maximum atomic E-state index is 11.1. The molecule has 5 heteroatoms. The second kappa shape index (κ2) is 7.44. The maximum absolute atomic E-state index is 11.1. The van der Waals surface area contributed by atoms with Gasteiger partial charge in [0.05, 0.1) is 18.1 Å². The van der Waals surface area contributed by atoms with E-state index in [2.05, 4.69) is 34.5 Å². The summed E-state index contributed by atoms with van der Waals surface area (Å²) in [7, 11) is 0. The van der Waals surface area contributed by atoms with Crippen molar-refractivity contribution >= 4 is 27.4 Å². The van der Waals surface area contributed by atoms with E-state index in [1.54, 1.807) is 0 Å². The summed E-state index contributed by atoms with van der Waals surface area (Å²) < 4.78 is 7.66. The summed E-state index contributed by atoms with van der Waals surface area (Å²) >= 11 is 1.82. The van der Waals surface area contributed by atoms with E-state index >= 15 is 0 Å². The zero-order chi connectivity index (χ0) is 17.2. The molecule has 2 saturated heterocycles. The zero-order valence-corrected chi connectivity index (χ0v) is 15.2. The molecule has 1 aromatic carbocycles. The van der Waals surface area contributed by atoms with Crippen LogP contribution >= 0.6 is 11.3 Å². The van der Waals surface area contributed by atoms with Gasteiger partial charge in [-0.15, -0.1) is 11.3 Å². The van der Waals surface area contributed by atoms with Crippen molar-refractivity contribution in [1.82, 2.24) is 4.90 Å². The number of rotatable bonds is 5. The van der Waals surface area contributed by atoms with Gasteiger partial charge in [0, 0.05) is 17.7 Å². The summed E-state index contributed by atoms with van der Waals surface area (Å²) in [6.07, 6.45) is 5.41. The van der Waals surface area contributed by atoms with E-state index in [1.165, 1.54) is 15.6 Å². The number of carbonyl (C=O) groups is 1. The van der Waals surface area contributed by atoms with Crippen molar-refractivity contribution < 1.29 is 14.6 Å². The van der Waals surface area contributed by atoms with Crippen molar-refractivity contribution in [3.63, 3.8) is 0 Å². The Morgan fingerprint density at radius 3 is 2.72 bits per heavy atom. The summed E-state index contributed by atoms with van der Waals surface area (Å²) in [6, 6.07) is 8.60. The van der Waals surface area contributed by atoms with Crippen molar-refractivity contribution in [3.8, 4) is 0 Å². The number of piperidine rings is 1. The first-order valence-corrected chi connectivity index (χ1v) is 10.1. The molecule has 0 saturated carbocycles. The first kappa shape index (κ1) is 17.0. The summed E-state index contributed by atoms with van der Waals surface area (Å²) in [5, 5.41) is 12.7. The van der Waals surface area contributed by atoms with Crippen LogP contribution in [-0.2, 0) is 16.0 Å². The van der Waals surface area contributed by atoms with Gasteiger partial charge in [-0.05, 0) is 61.2 Å². The van der Waals surface area contributed by atoms with E-state index < -0.39 is 5.97 Å². The molecule has 2 fully saturated rings. The van der Waals surface area contributed by atoms with Crippen molar-refractivity contribution in [1.29, 1.82) is 0 Å². The van der Waals surface area contributed by atoms with Crippen LogP contribution in [0.15, 0.2) is 29.6 Å². The van der Waals surface area contributed by atoms with Crippen molar-refractivity contribution in [3.05, 3.63) is 35.2 Å². The maximum Gasteiger partial charge on any atom is 0.306 e. The fourth-order valence-electron chi connectivity index (χ4n) is 4.15. The monoisotopic (exact) mass is 359 g/mol. The van der Waals surface area contributed by atoms with Crippen LogP contribution < -0.4 is 0 Å². The SMILES string of the molecule is O=C(O)C1CCN(C[C@@H]2CC[C@H](Cc3csc4ccccc34)O2)CC1. The number of carboxylic acid groups (broad SMARTS) is 1. The highest BCUT2D eigenvalue weighted by Gasteiger charge is 2.30. The van der Waals surface area contributed by atoms with Gasteiger partial charge in [-0.25, -0.2) is 0 Å². The van der Waals surface area contributed by atoms with Crippen LogP contribution in [0.3, 0.4) is 0 Å². The number of benzene rings is 1. The van der Waals surface area contributed by atoms with Gasteiger partial charge in [0.2, 0.25) is 0 Å². The molecule has 134 valence electrons. The predicted molar refractivity (Wildman–Crippen MR) is 100 cm³/mol. The van der Waals surface area contributed by atoms with Crippen LogP contribution in [0.2, 0.25) is 0 Å². The minimum atomic E-state index is -0.639. The summed E-state index contributed by atoms with van der Waals surface area (Å²) in [6.45, 7) is 2.72. The second-order valence-electron chi connectivity index (χ2n) is 7.33. The van der Waals surface area contributed by atoms with Gasteiger partial charge in [-0.1, -0.05) is 18.2 Å². The molecular formula is C20H25NO3S. The highest BCUT2D eigenvalue weighted by molar-refractivity contribution is 7.17. The lowest BCUT2D eigenvalue weighted by Gasteiger charge is -2.31. The summed E-state index contributed by atoms with van der Waals surface area (Å²) in [5.41, 5.74) is 1.41. The van der Waals surface area contributed by atoms with Crippen molar-refractivity contribution in [2.24, 2.45) is 5.92 Å². The molecule has 0 aliphatic carbocycles. The minimum Gasteiger partial charge on any atom is -0.481 e. The van der Waals surface area contributed by atoms with Gasteiger partial charge in [-0.3, -0.25) is 4.79 Å². The molecule has 0 unspecified atom stereocenters. The number of thiophene rings is 1. The topological polar surface area (TPSA) is 49.8 Å². The van der Waals surface area contributed by atoms with Crippen molar-refractivity contribution in [2.45, 2.75) is 44.3 Å². The highest BCUT2D eigenvalue weighted by atomic mass is 32.1. The van der Waals surface area contributed by atoms with E-state index in [1.807, 2.05) is 11.3 Å². The summed E-state index contributed by atoms with van der Waals surface area (Å²) in [5.74, 6) is -0.791. The average Bonchev–Trinajstić information content (AvgIpc) is 3.23. The molecule has 0 spiro atoms. The van der Waals surface area contributed by atoms with E-state index in [0.29, 0.717) is 12.2 Å². The van der Waals surface area contributed by atoms with Crippen LogP contribution in [0, 0.1) is 5.92 Å². The molecule has 4 nitrogen and oxygen atoms in total. The zero-order valence-electron chi connectivity index (χ0n) is 14.4. The molecule has 1 N–H and O–H groups in total. The third-order valence-corrected chi connectivity index (χ3v) is 6.62. The fourth-order valence-corrected chi connectivity index (χ4v) is 5.13. The lowest BCUT2D eigenvalue weighted by Crippen LogP contribution is -2.40. The minimum absolute atomic E-state index is 0.152. The number of likely N-dealkylation sites (tertiary alicyclic amines) is 1. The first-order chi connectivity index (χ1) is 12.2. The standard InChI is InChI=1S/C20H25NO3S/c22-20(23)14-7-9-21(10-8-14)12-17-6-5-16(24-17)11-15-13-25-19-4-2-1-3-18(15)19/h1-4,13-14,16-17H,5-12H2,(H,22,23)/t16-,17+/m1/s1. The number of nitrogens with zero attached hydrogens (tertiary/aromatic N) is 1.